The van der Waals surface area contributed by atoms with E-state index in [2.05, 4.69) is 6.58 Å². The number of nitrogen functional groups attached to an aromatic ring is 1. The maximum Gasteiger partial charge on any atom is 0.345 e. The summed E-state index contributed by atoms with van der Waals surface area (Å²) in [7, 11) is 0. The lowest BCUT2D eigenvalue weighted by atomic mass is 10.1. The smallest absolute Gasteiger partial charge is 0.345 e. The van der Waals surface area contributed by atoms with E-state index in [0.29, 0.717) is 0 Å². The predicted molar refractivity (Wildman–Crippen MR) is 58.0 cm³/mol. The number of nitro benzene ring substituents is 1. The van der Waals surface area contributed by atoms with Crippen LogP contribution in [0.4, 0.5) is 11.4 Å². The minimum atomic E-state index is -0.793. The molecule has 0 aliphatic carbocycles. The van der Waals surface area contributed by atoms with Crippen molar-refractivity contribution < 1.29 is 14.5 Å². The standard InChI is InChI=1S/C10H10N2O4/c1-2-5-16-10(13)8-6-7(11)3-4-9(8)12(14)15/h2-4,6H,1,5,11H2. The molecule has 6 nitrogen and oxygen atoms in total. The molecule has 0 bridgehead atoms. The Morgan fingerprint density at radius 1 is 1.62 bits per heavy atom. The molecule has 0 amide bonds. The highest BCUT2D eigenvalue weighted by molar-refractivity contribution is 5.95. The molecule has 0 fully saturated rings. The van der Waals surface area contributed by atoms with Crippen LogP contribution in [0, 0.1) is 10.1 Å². The number of anilines is 1. The molecule has 0 unspecified atom stereocenters. The molecule has 0 atom stereocenters. The minimum absolute atomic E-state index is 0.00914. The van der Waals surface area contributed by atoms with Crippen molar-refractivity contribution in [1.82, 2.24) is 0 Å². The molecular weight excluding hydrogens is 212 g/mol. The van der Waals surface area contributed by atoms with Crippen LogP contribution in [0.25, 0.3) is 0 Å². The van der Waals surface area contributed by atoms with Crippen molar-refractivity contribution >= 4 is 17.3 Å². The molecule has 0 spiro atoms. The van der Waals surface area contributed by atoms with E-state index in [0.717, 1.165) is 0 Å². The van der Waals surface area contributed by atoms with Crippen molar-refractivity contribution in [2.45, 2.75) is 0 Å². The van der Waals surface area contributed by atoms with Gasteiger partial charge in [-0.15, -0.1) is 0 Å². The average Bonchev–Trinajstić information content (AvgIpc) is 2.25. The third-order valence-corrected chi connectivity index (χ3v) is 1.77. The molecule has 2 N–H and O–H groups in total. The summed E-state index contributed by atoms with van der Waals surface area (Å²) < 4.78 is 4.71. The van der Waals surface area contributed by atoms with E-state index in [4.69, 9.17) is 10.5 Å². The number of carbonyl (C=O) groups is 1. The van der Waals surface area contributed by atoms with E-state index >= 15 is 0 Å². The second kappa shape index (κ2) is 4.92. The fourth-order valence-electron chi connectivity index (χ4n) is 1.09. The number of rotatable bonds is 4. The van der Waals surface area contributed by atoms with Gasteiger partial charge in [-0.2, -0.15) is 0 Å². The molecule has 0 radical (unpaired) electrons. The van der Waals surface area contributed by atoms with E-state index in [1.807, 2.05) is 0 Å². The number of hydrogen-bond donors (Lipinski definition) is 1. The number of benzene rings is 1. The number of carbonyl (C=O) groups excluding carboxylic acids is 1. The Hall–Kier alpha value is -2.37. The summed E-state index contributed by atoms with van der Waals surface area (Å²) in [6, 6.07) is 3.73. The Morgan fingerprint density at radius 2 is 2.31 bits per heavy atom. The van der Waals surface area contributed by atoms with Gasteiger partial charge in [-0.1, -0.05) is 12.7 Å². The quantitative estimate of drug-likeness (QED) is 0.274. The molecule has 84 valence electrons. The highest BCUT2D eigenvalue weighted by Gasteiger charge is 2.21. The summed E-state index contributed by atoms with van der Waals surface area (Å²) in [5, 5.41) is 10.6. The van der Waals surface area contributed by atoms with Crippen LogP contribution in [0.2, 0.25) is 0 Å². The number of nitrogens with two attached hydrogens (primary N) is 1. The van der Waals surface area contributed by atoms with Crippen LogP contribution in [-0.4, -0.2) is 17.5 Å². The van der Waals surface area contributed by atoms with Gasteiger partial charge in [0.15, 0.2) is 0 Å². The molecule has 16 heavy (non-hydrogen) atoms. The third kappa shape index (κ3) is 2.57. The van der Waals surface area contributed by atoms with Gasteiger partial charge in [0.05, 0.1) is 4.92 Å². The summed E-state index contributed by atoms with van der Waals surface area (Å²) in [6.07, 6.45) is 1.37. The third-order valence-electron chi connectivity index (χ3n) is 1.77. The highest BCUT2D eigenvalue weighted by Crippen LogP contribution is 2.21. The number of hydrogen-bond acceptors (Lipinski definition) is 5. The zero-order chi connectivity index (χ0) is 12.1. The molecule has 1 aromatic carbocycles. The molecule has 0 aliphatic heterocycles. The number of nitrogens with zero attached hydrogens (tertiary/aromatic N) is 1. The Balaban J connectivity index is 3.09. The van der Waals surface area contributed by atoms with Crippen LogP contribution in [0.3, 0.4) is 0 Å². The number of esters is 1. The monoisotopic (exact) mass is 222 g/mol. The fourth-order valence-corrected chi connectivity index (χ4v) is 1.09. The van der Waals surface area contributed by atoms with Crippen LogP contribution in [0.15, 0.2) is 30.9 Å². The first-order chi connectivity index (χ1) is 7.56. The summed E-state index contributed by atoms with van der Waals surface area (Å²) in [4.78, 5) is 21.4. The summed E-state index contributed by atoms with van der Waals surface area (Å²) >= 11 is 0. The summed E-state index contributed by atoms with van der Waals surface area (Å²) in [5.74, 6) is -0.793. The zero-order valence-corrected chi connectivity index (χ0v) is 8.38. The van der Waals surface area contributed by atoms with Gasteiger partial charge in [-0.3, -0.25) is 10.1 Å². The van der Waals surface area contributed by atoms with E-state index in [9.17, 15) is 14.9 Å². The van der Waals surface area contributed by atoms with Gasteiger partial charge < -0.3 is 10.5 Å². The van der Waals surface area contributed by atoms with Crippen LogP contribution in [-0.2, 0) is 4.74 Å². The molecule has 1 aromatic rings. The van der Waals surface area contributed by atoms with Gasteiger partial charge in [0.2, 0.25) is 0 Å². The molecule has 0 aromatic heterocycles. The van der Waals surface area contributed by atoms with Gasteiger partial charge in [0, 0.05) is 11.8 Å². The average molecular weight is 222 g/mol. The van der Waals surface area contributed by atoms with Gasteiger partial charge in [-0.25, -0.2) is 4.79 Å². The molecule has 6 heteroatoms. The van der Waals surface area contributed by atoms with Crippen molar-refractivity contribution in [2.24, 2.45) is 0 Å². The lowest BCUT2D eigenvalue weighted by Gasteiger charge is -2.03. The van der Waals surface area contributed by atoms with Crippen molar-refractivity contribution in [3.63, 3.8) is 0 Å². The zero-order valence-electron chi connectivity index (χ0n) is 8.38. The van der Waals surface area contributed by atoms with Crippen molar-refractivity contribution in [3.8, 4) is 0 Å². The van der Waals surface area contributed by atoms with Gasteiger partial charge in [0.25, 0.3) is 5.69 Å². The van der Waals surface area contributed by atoms with E-state index in [1.165, 1.54) is 24.3 Å². The lowest BCUT2D eigenvalue weighted by molar-refractivity contribution is -0.385. The molecule has 0 saturated heterocycles. The summed E-state index contributed by atoms with van der Waals surface area (Å²) in [5.41, 5.74) is 5.21. The van der Waals surface area contributed by atoms with Crippen LogP contribution < -0.4 is 5.73 Å². The van der Waals surface area contributed by atoms with Crippen LogP contribution >= 0.6 is 0 Å². The Kier molecular flexibility index (Phi) is 3.60. The summed E-state index contributed by atoms with van der Waals surface area (Å²) in [6.45, 7) is 3.36. The fraction of sp³-hybridized carbons (Fsp3) is 0.100. The first-order valence-corrected chi connectivity index (χ1v) is 4.38. The maximum atomic E-state index is 11.5. The molecule has 1 rings (SSSR count). The second-order valence-electron chi connectivity index (χ2n) is 2.92. The lowest BCUT2D eigenvalue weighted by Crippen LogP contribution is -2.08. The Morgan fingerprint density at radius 3 is 2.88 bits per heavy atom. The minimum Gasteiger partial charge on any atom is -0.458 e. The van der Waals surface area contributed by atoms with Crippen molar-refractivity contribution in [2.75, 3.05) is 12.3 Å². The number of nitro groups is 1. The first kappa shape index (κ1) is 11.7. The SMILES string of the molecule is C=CCOC(=O)c1cc(N)ccc1[N+](=O)[O-]. The van der Waals surface area contributed by atoms with E-state index in [-0.39, 0.29) is 23.5 Å². The predicted octanol–water partition coefficient (Wildman–Crippen LogP) is 1.52. The molecule has 0 saturated carbocycles. The van der Waals surface area contributed by atoms with Crippen LogP contribution in [0.1, 0.15) is 10.4 Å². The largest absolute Gasteiger partial charge is 0.458 e. The van der Waals surface area contributed by atoms with Gasteiger partial charge in [0.1, 0.15) is 12.2 Å². The number of ether oxygens (including phenoxy) is 1. The molecule has 0 heterocycles. The first-order valence-electron chi connectivity index (χ1n) is 4.38. The van der Waals surface area contributed by atoms with Gasteiger partial charge in [-0.05, 0) is 12.1 Å². The van der Waals surface area contributed by atoms with Crippen LogP contribution in [0.5, 0.6) is 0 Å². The van der Waals surface area contributed by atoms with Crippen molar-refractivity contribution in [3.05, 3.63) is 46.5 Å². The van der Waals surface area contributed by atoms with Gasteiger partial charge >= 0.3 is 5.97 Å². The molecule has 0 aliphatic rings. The van der Waals surface area contributed by atoms with E-state index < -0.39 is 10.9 Å². The van der Waals surface area contributed by atoms with E-state index in [1.54, 1.807) is 0 Å². The Bertz CT molecular complexity index is 442. The van der Waals surface area contributed by atoms with Crippen molar-refractivity contribution in [1.29, 1.82) is 0 Å². The Labute approximate surface area is 91.5 Å². The highest BCUT2D eigenvalue weighted by atomic mass is 16.6. The second-order valence-corrected chi connectivity index (χ2v) is 2.92. The topological polar surface area (TPSA) is 95.5 Å². The molecular formula is C10H10N2O4. The maximum absolute atomic E-state index is 11.5. The normalized spacial score (nSPS) is 9.50.